The van der Waals surface area contributed by atoms with E-state index in [1.807, 2.05) is 0 Å². The molecule has 1 aromatic heterocycles. The summed E-state index contributed by atoms with van der Waals surface area (Å²) < 4.78 is 5.63. The van der Waals surface area contributed by atoms with Gasteiger partial charge in [0.1, 0.15) is 28.2 Å². The van der Waals surface area contributed by atoms with Crippen LogP contribution in [0.2, 0.25) is 0 Å². The first kappa shape index (κ1) is 16.1. The van der Waals surface area contributed by atoms with Crippen LogP contribution in [0.1, 0.15) is 11.3 Å². The normalized spacial score (nSPS) is 11.4. The Morgan fingerprint density at radius 2 is 1.96 bits per heavy atom. The molecule has 0 aliphatic rings. The summed E-state index contributed by atoms with van der Waals surface area (Å²) in [4.78, 5) is 23.5. The molecule has 2 rings (SSSR count). The SMILES string of the molecule is C=C/C=C(\C=C)c1cc(=O)c2c(O)cc(O)c(CC(N)=O)c2o1. The molecule has 1 amide bonds. The number of allylic oxidation sites excluding steroid dienone is 4. The maximum absolute atomic E-state index is 12.3. The monoisotopic (exact) mass is 313 g/mol. The summed E-state index contributed by atoms with van der Waals surface area (Å²) in [5, 5.41) is 19.7. The lowest BCUT2D eigenvalue weighted by Gasteiger charge is -2.10. The second kappa shape index (κ2) is 6.23. The molecule has 0 aliphatic carbocycles. The van der Waals surface area contributed by atoms with Gasteiger partial charge in [-0.3, -0.25) is 9.59 Å². The van der Waals surface area contributed by atoms with Crippen molar-refractivity contribution in [3.63, 3.8) is 0 Å². The number of carbonyl (C=O) groups is 1. The minimum atomic E-state index is -0.717. The largest absolute Gasteiger partial charge is 0.507 e. The fraction of sp³-hybridized carbons (Fsp3) is 0.0588. The number of nitrogens with two attached hydrogens (primary N) is 1. The first-order valence-corrected chi connectivity index (χ1v) is 6.64. The van der Waals surface area contributed by atoms with Gasteiger partial charge < -0.3 is 20.4 Å². The summed E-state index contributed by atoms with van der Waals surface area (Å²) in [5.41, 5.74) is 5.05. The number of carbonyl (C=O) groups excluding carboxylic acids is 1. The fourth-order valence-electron chi connectivity index (χ4n) is 2.22. The first-order valence-electron chi connectivity index (χ1n) is 6.64. The highest BCUT2D eigenvalue weighted by atomic mass is 16.3. The Bertz CT molecular complexity index is 905. The van der Waals surface area contributed by atoms with Crippen LogP contribution in [0.5, 0.6) is 11.5 Å². The molecule has 23 heavy (non-hydrogen) atoms. The van der Waals surface area contributed by atoms with E-state index >= 15 is 0 Å². The van der Waals surface area contributed by atoms with Crippen molar-refractivity contribution in [2.75, 3.05) is 0 Å². The summed E-state index contributed by atoms with van der Waals surface area (Å²) in [6.07, 6.45) is 4.19. The first-order chi connectivity index (χ1) is 10.9. The van der Waals surface area contributed by atoms with Gasteiger partial charge in [-0.25, -0.2) is 0 Å². The Morgan fingerprint density at radius 1 is 1.26 bits per heavy atom. The molecule has 0 aliphatic heterocycles. The maximum Gasteiger partial charge on any atom is 0.222 e. The van der Waals surface area contributed by atoms with Gasteiger partial charge in [0, 0.05) is 23.3 Å². The molecule has 0 radical (unpaired) electrons. The van der Waals surface area contributed by atoms with E-state index < -0.39 is 17.1 Å². The number of primary amides is 1. The van der Waals surface area contributed by atoms with E-state index in [9.17, 15) is 19.8 Å². The molecule has 0 fully saturated rings. The van der Waals surface area contributed by atoms with Gasteiger partial charge in [-0.2, -0.15) is 0 Å². The molecule has 0 bridgehead atoms. The Morgan fingerprint density at radius 3 is 2.52 bits per heavy atom. The third-order valence-electron chi connectivity index (χ3n) is 3.21. The van der Waals surface area contributed by atoms with E-state index in [0.717, 1.165) is 6.07 Å². The number of hydrogen-bond acceptors (Lipinski definition) is 5. The molecule has 0 saturated heterocycles. The van der Waals surface area contributed by atoms with Gasteiger partial charge in [-0.05, 0) is 0 Å². The van der Waals surface area contributed by atoms with E-state index in [-0.39, 0.29) is 34.5 Å². The lowest BCUT2D eigenvalue weighted by atomic mass is 10.0. The van der Waals surface area contributed by atoms with Crippen LogP contribution in [-0.2, 0) is 11.2 Å². The van der Waals surface area contributed by atoms with Crippen LogP contribution in [0.15, 0.2) is 52.7 Å². The van der Waals surface area contributed by atoms with Crippen molar-refractivity contribution in [1.82, 2.24) is 0 Å². The molecule has 1 aromatic carbocycles. The van der Waals surface area contributed by atoms with Crippen LogP contribution < -0.4 is 11.2 Å². The highest BCUT2D eigenvalue weighted by Crippen LogP contribution is 2.34. The van der Waals surface area contributed by atoms with Crippen molar-refractivity contribution in [3.05, 3.63) is 65.1 Å². The van der Waals surface area contributed by atoms with Crippen molar-refractivity contribution in [2.24, 2.45) is 5.73 Å². The van der Waals surface area contributed by atoms with E-state index in [1.165, 1.54) is 18.2 Å². The van der Waals surface area contributed by atoms with Gasteiger partial charge in [0.15, 0.2) is 5.43 Å². The summed E-state index contributed by atoms with van der Waals surface area (Å²) in [6.45, 7) is 7.18. The summed E-state index contributed by atoms with van der Waals surface area (Å²) in [6, 6.07) is 2.16. The molecule has 0 saturated carbocycles. The number of amides is 1. The molecule has 0 unspecified atom stereocenters. The van der Waals surface area contributed by atoms with Crippen LogP contribution >= 0.6 is 0 Å². The smallest absolute Gasteiger partial charge is 0.222 e. The fourth-order valence-corrected chi connectivity index (χ4v) is 2.22. The second-order valence-electron chi connectivity index (χ2n) is 4.78. The number of rotatable bonds is 5. The topological polar surface area (TPSA) is 114 Å². The molecule has 2 aromatic rings. The lowest BCUT2D eigenvalue weighted by molar-refractivity contribution is -0.117. The van der Waals surface area contributed by atoms with Crippen LogP contribution in [0.25, 0.3) is 16.5 Å². The number of hydrogen-bond donors (Lipinski definition) is 3. The lowest BCUT2D eigenvalue weighted by Crippen LogP contribution is -2.15. The average Bonchev–Trinajstić information content (AvgIpc) is 2.47. The number of phenols is 2. The molecule has 1 heterocycles. The maximum atomic E-state index is 12.3. The van der Waals surface area contributed by atoms with Crippen molar-refractivity contribution in [1.29, 1.82) is 0 Å². The summed E-state index contributed by atoms with van der Waals surface area (Å²) >= 11 is 0. The highest BCUT2D eigenvalue weighted by molar-refractivity contribution is 5.92. The van der Waals surface area contributed by atoms with Crippen LogP contribution in [0.3, 0.4) is 0 Å². The van der Waals surface area contributed by atoms with Crippen LogP contribution in [0.4, 0.5) is 0 Å². The molecule has 118 valence electrons. The van der Waals surface area contributed by atoms with Crippen molar-refractivity contribution in [2.45, 2.75) is 6.42 Å². The van der Waals surface area contributed by atoms with Gasteiger partial charge in [0.05, 0.1) is 6.42 Å². The van der Waals surface area contributed by atoms with Gasteiger partial charge in [0.25, 0.3) is 0 Å². The average molecular weight is 313 g/mol. The molecule has 6 nitrogen and oxygen atoms in total. The predicted octanol–water partition coefficient (Wildman–Crippen LogP) is 1.99. The van der Waals surface area contributed by atoms with Crippen LogP contribution in [-0.4, -0.2) is 16.1 Å². The summed E-state index contributed by atoms with van der Waals surface area (Å²) in [7, 11) is 0. The summed E-state index contributed by atoms with van der Waals surface area (Å²) in [5.74, 6) is -1.39. The van der Waals surface area contributed by atoms with E-state index in [0.29, 0.717) is 5.57 Å². The number of phenolic OH excluding ortho intramolecular Hbond substituents is 2. The van der Waals surface area contributed by atoms with Crippen molar-refractivity contribution < 1.29 is 19.4 Å². The predicted molar refractivity (Wildman–Crippen MR) is 87.1 cm³/mol. The Kier molecular flexibility index (Phi) is 4.36. The Hall–Kier alpha value is -3.28. The Balaban J connectivity index is 2.91. The third-order valence-corrected chi connectivity index (χ3v) is 3.21. The molecule has 4 N–H and O–H groups in total. The minimum absolute atomic E-state index is 0.0336. The minimum Gasteiger partial charge on any atom is -0.507 e. The molecular weight excluding hydrogens is 298 g/mol. The molecule has 0 atom stereocenters. The number of aromatic hydroxyl groups is 2. The number of fused-ring (bicyclic) bond motifs is 1. The quantitative estimate of drug-likeness (QED) is 0.730. The zero-order valence-electron chi connectivity index (χ0n) is 12.2. The van der Waals surface area contributed by atoms with Gasteiger partial charge in [-0.1, -0.05) is 31.4 Å². The molecular formula is C17H15NO5. The van der Waals surface area contributed by atoms with E-state index in [4.69, 9.17) is 10.2 Å². The van der Waals surface area contributed by atoms with Gasteiger partial charge >= 0.3 is 0 Å². The van der Waals surface area contributed by atoms with E-state index in [1.54, 1.807) is 6.08 Å². The third kappa shape index (κ3) is 3.01. The van der Waals surface area contributed by atoms with E-state index in [2.05, 4.69) is 13.2 Å². The second-order valence-corrected chi connectivity index (χ2v) is 4.78. The van der Waals surface area contributed by atoms with Gasteiger partial charge in [-0.15, -0.1) is 0 Å². The standard InChI is InChI=1S/C17H15NO5/c1-3-5-9(4-2)14-8-13(21)16-12(20)7-11(19)10(6-15(18)22)17(16)23-14/h3-5,7-8,19-20H,1-2,6H2,(H2,18,22)/b9-5+. The zero-order valence-corrected chi connectivity index (χ0v) is 12.2. The van der Waals surface area contributed by atoms with Crippen molar-refractivity contribution in [3.8, 4) is 11.5 Å². The Labute approximate surface area is 131 Å². The molecule has 0 spiro atoms. The zero-order chi connectivity index (χ0) is 17.1. The van der Waals surface area contributed by atoms with Crippen LogP contribution in [0, 0.1) is 0 Å². The van der Waals surface area contributed by atoms with Gasteiger partial charge in [0.2, 0.25) is 5.91 Å². The van der Waals surface area contributed by atoms with Crippen molar-refractivity contribution >= 4 is 22.4 Å². The molecule has 6 heteroatoms. The highest BCUT2D eigenvalue weighted by Gasteiger charge is 2.19. The number of benzene rings is 1.